The van der Waals surface area contributed by atoms with Gasteiger partial charge in [-0.3, -0.25) is 4.21 Å². The lowest BCUT2D eigenvalue weighted by Gasteiger charge is -2.05. The highest BCUT2D eigenvalue weighted by molar-refractivity contribution is 7.84. The van der Waals surface area contributed by atoms with E-state index in [1.165, 1.54) is 18.2 Å². The van der Waals surface area contributed by atoms with Crippen molar-refractivity contribution in [2.75, 3.05) is 0 Å². The zero-order chi connectivity index (χ0) is 13.8. The maximum Gasteiger partial charge on any atom is 0.128 e. The van der Waals surface area contributed by atoms with Gasteiger partial charge in [-0.25, -0.2) is 4.39 Å². The molecule has 2 rings (SSSR count). The van der Waals surface area contributed by atoms with Crippen molar-refractivity contribution >= 4 is 10.8 Å². The average molecular weight is 273 g/mol. The van der Waals surface area contributed by atoms with Gasteiger partial charge in [-0.1, -0.05) is 18.2 Å². The van der Waals surface area contributed by atoms with Crippen LogP contribution in [-0.2, 0) is 16.6 Å². The molecule has 0 heterocycles. The fourth-order valence-electron chi connectivity index (χ4n) is 1.72. The lowest BCUT2D eigenvalue weighted by Crippen LogP contribution is -1.99. The summed E-state index contributed by atoms with van der Waals surface area (Å²) in [5.74, 6) is -0.374. The van der Waals surface area contributed by atoms with Gasteiger partial charge < -0.3 is 0 Å². The fraction of sp³-hybridized carbons (Fsp3) is 0.133. The van der Waals surface area contributed by atoms with Crippen molar-refractivity contribution in [2.24, 2.45) is 0 Å². The van der Waals surface area contributed by atoms with Crippen molar-refractivity contribution in [3.8, 4) is 6.07 Å². The lowest BCUT2D eigenvalue weighted by atomic mass is 10.1. The molecule has 19 heavy (non-hydrogen) atoms. The van der Waals surface area contributed by atoms with E-state index in [2.05, 4.69) is 0 Å². The second-order valence-electron chi connectivity index (χ2n) is 4.22. The highest BCUT2D eigenvalue weighted by Gasteiger charge is 2.10. The van der Waals surface area contributed by atoms with Crippen LogP contribution >= 0.6 is 0 Å². The topological polar surface area (TPSA) is 40.9 Å². The van der Waals surface area contributed by atoms with E-state index in [0.29, 0.717) is 10.5 Å². The molecule has 96 valence electrons. The molecule has 4 heteroatoms. The van der Waals surface area contributed by atoms with Gasteiger partial charge in [0.25, 0.3) is 0 Å². The molecule has 0 radical (unpaired) electrons. The normalized spacial score (nSPS) is 11.8. The van der Waals surface area contributed by atoms with Gasteiger partial charge in [-0.05, 0) is 36.8 Å². The first-order chi connectivity index (χ1) is 9.10. The van der Waals surface area contributed by atoms with E-state index in [9.17, 15) is 8.60 Å². The Hall–Kier alpha value is -1.99. The van der Waals surface area contributed by atoms with E-state index in [4.69, 9.17) is 5.26 Å². The van der Waals surface area contributed by atoms with Gasteiger partial charge in [0, 0.05) is 10.5 Å². The second kappa shape index (κ2) is 5.77. The fourth-order valence-corrected chi connectivity index (χ4v) is 2.95. The molecule has 1 atom stereocenters. The molecule has 0 aliphatic carbocycles. The van der Waals surface area contributed by atoms with Gasteiger partial charge in [0.15, 0.2) is 0 Å². The number of rotatable bonds is 3. The van der Waals surface area contributed by atoms with Gasteiger partial charge in [0.05, 0.1) is 28.2 Å². The number of hydrogen-bond acceptors (Lipinski definition) is 2. The molecule has 0 saturated heterocycles. The van der Waals surface area contributed by atoms with Crippen molar-refractivity contribution in [2.45, 2.75) is 17.6 Å². The van der Waals surface area contributed by atoms with Crippen LogP contribution in [0, 0.1) is 24.1 Å². The second-order valence-corrected chi connectivity index (χ2v) is 5.68. The molecule has 0 N–H and O–H groups in total. The molecule has 2 nitrogen and oxygen atoms in total. The van der Waals surface area contributed by atoms with Crippen molar-refractivity contribution < 1.29 is 8.60 Å². The molecule has 2 aromatic rings. The van der Waals surface area contributed by atoms with Crippen LogP contribution in [0.3, 0.4) is 0 Å². The Morgan fingerprint density at radius 1 is 1.26 bits per heavy atom. The number of nitriles is 1. The van der Waals surface area contributed by atoms with E-state index >= 15 is 0 Å². The predicted octanol–water partition coefficient (Wildman–Crippen LogP) is 3.31. The third-order valence-electron chi connectivity index (χ3n) is 2.72. The van der Waals surface area contributed by atoms with Crippen molar-refractivity contribution in [1.82, 2.24) is 0 Å². The van der Waals surface area contributed by atoms with Crippen LogP contribution < -0.4 is 0 Å². The summed E-state index contributed by atoms with van der Waals surface area (Å²) in [6, 6.07) is 13.4. The minimum absolute atomic E-state index is 0.112. The Labute approximate surface area is 114 Å². The van der Waals surface area contributed by atoms with Gasteiger partial charge in [-0.2, -0.15) is 5.26 Å². The molecular weight excluding hydrogens is 261 g/mol. The summed E-state index contributed by atoms with van der Waals surface area (Å²) in [6.45, 7) is 1.92. The van der Waals surface area contributed by atoms with Crippen molar-refractivity contribution in [1.29, 1.82) is 5.26 Å². The van der Waals surface area contributed by atoms with E-state index < -0.39 is 16.6 Å². The predicted molar refractivity (Wildman–Crippen MR) is 72.4 cm³/mol. The molecular formula is C15H12FNOS. The lowest BCUT2D eigenvalue weighted by molar-refractivity contribution is 0.614. The average Bonchev–Trinajstić information content (AvgIpc) is 2.41. The summed E-state index contributed by atoms with van der Waals surface area (Å²) in [7, 11) is -1.29. The number of hydrogen-bond donors (Lipinski definition) is 0. The molecule has 0 fully saturated rings. The third kappa shape index (κ3) is 3.27. The molecule has 0 aliphatic heterocycles. The molecule has 0 saturated carbocycles. The van der Waals surface area contributed by atoms with Crippen LogP contribution in [0.25, 0.3) is 0 Å². The molecule has 0 aliphatic rings. The maximum atomic E-state index is 13.7. The van der Waals surface area contributed by atoms with Gasteiger partial charge in [-0.15, -0.1) is 0 Å². The third-order valence-corrected chi connectivity index (χ3v) is 4.07. The number of benzene rings is 2. The summed E-state index contributed by atoms with van der Waals surface area (Å²) in [5, 5.41) is 8.67. The smallest absolute Gasteiger partial charge is 0.128 e. The summed E-state index contributed by atoms with van der Waals surface area (Å²) < 4.78 is 25.9. The van der Waals surface area contributed by atoms with E-state index in [1.807, 2.05) is 31.2 Å². The number of nitrogens with zero attached hydrogens (tertiary/aromatic N) is 1. The minimum atomic E-state index is -1.29. The summed E-state index contributed by atoms with van der Waals surface area (Å²) in [5.41, 5.74) is 1.65. The number of aryl methyl sites for hydroxylation is 1. The van der Waals surface area contributed by atoms with E-state index in [-0.39, 0.29) is 11.3 Å². The van der Waals surface area contributed by atoms with Crippen LogP contribution in [-0.4, -0.2) is 4.21 Å². The Kier molecular flexibility index (Phi) is 4.08. The van der Waals surface area contributed by atoms with Crippen LogP contribution in [0.15, 0.2) is 47.4 Å². The standard InChI is InChI=1S/C15H12FNOS/c1-11-3-2-4-14(7-11)19(18)10-13-6-5-12(9-17)8-15(13)16/h2-8H,10H2,1H3. The van der Waals surface area contributed by atoms with Crippen LogP contribution in [0.1, 0.15) is 16.7 Å². The molecule has 0 spiro atoms. The Morgan fingerprint density at radius 2 is 2.05 bits per heavy atom. The quantitative estimate of drug-likeness (QED) is 0.860. The van der Waals surface area contributed by atoms with Gasteiger partial charge >= 0.3 is 0 Å². The number of halogens is 1. The SMILES string of the molecule is Cc1cccc(S(=O)Cc2ccc(C#N)cc2F)c1. The minimum Gasteiger partial charge on any atom is -0.254 e. The van der Waals surface area contributed by atoms with E-state index in [0.717, 1.165) is 5.56 Å². The van der Waals surface area contributed by atoms with Crippen molar-refractivity contribution in [3.05, 3.63) is 65.0 Å². The zero-order valence-corrected chi connectivity index (χ0v) is 11.2. The highest BCUT2D eigenvalue weighted by atomic mass is 32.2. The molecule has 0 amide bonds. The summed E-state index contributed by atoms with van der Waals surface area (Å²) in [6.07, 6.45) is 0. The maximum absolute atomic E-state index is 13.7. The zero-order valence-electron chi connectivity index (χ0n) is 10.4. The van der Waals surface area contributed by atoms with Crippen LogP contribution in [0.2, 0.25) is 0 Å². The molecule has 0 bridgehead atoms. The van der Waals surface area contributed by atoms with Gasteiger partial charge in [0.2, 0.25) is 0 Å². The molecule has 1 unspecified atom stereocenters. The Bertz CT molecular complexity index is 676. The first-order valence-electron chi connectivity index (χ1n) is 5.74. The Morgan fingerprint density at radius 3 is 2.68 bits per heavy atom. The highest BCUT2D eigenvalue weighted by Crippen LogP contribution is 2.17. The van der Waals surface area contributed by atoms with Gasteiger partial charge in [0.1, 0.15) is 5.82 Å². The van der Waals surface area contributed by atoms with Crippen LogP contribution in [0.5, 0.6) is 0 Å². The summed E-state index contributed by atoms with van der Waals surface area (Å²) in [4.78, 5) is 0.684. The Balaban J connectivity index is 2.22. The first kappa shape index (κ1) is 13.4. The molecule has 0 aromatic heterocycles. The molecule has 2 aromatic carbocycles. The van der Waals surface area contributed by atoms with E-state index in [1.54, 1.807) is 6.07 Å². The van der Waals surface area contributed by atoms with Crippen LogP contribution in [0.4, 0.5) is 4.39 Å². The van der Waals surface area contributed by atoms with Crippen molar-refractivity contribution in [3.63, 3.8) is 0 Å². The summed E-state index contributed by atoms with van der Waals surface area (Å²) >= 11 is 0. The largest absolute Gasteiger partial charge is 0.254 e. The first-order valence-corrected chi connectivity index (χ1v) is 7.05. The monoisotopic (exact) mass is 273 g/mol.